The maximum Gasteiger partial charge on any atom is 0.225 e. The molecule has 3 rings (SSSR count). The summed E-state index contributed by atoms with van der Waals surface area (Å²) in [7, 11) is 0. The van der Waals surface area contributed by atoms with Gasteiger partial charge in [0.05, 0.1) is 18.3 Å². The van der Waals surface area contributed by atoms with Crippen LogP contribution < -0.4 is 5.32 Å². The largest absolute Gasteiger partial charge is 0.394 e. The van der Waals surface area contributed by atoms with Crippen molar-refractivity contribution in [3.63, 3.8) is 0 Å². The van der Waals surface area contributed by atoms with Gasteiger partial charge in [0.2, 0.25) is 5.91 Å². The van der Waals surface area contributed by atoms with Gasteiger partial charge in [-0.3, -0.25) is 9.36 Å². The third kappa shape index (κ3) is 4.21. The van der Waals surface area contributed by atoms with Crippen molar-refractivity contribution in [3.05, 3.63) is 12.7 Å². The van der Waals surface area contributed by atoms with Gasteiger partial charge in [-0.15, -0.1) is 11.6 Å². The summed E-state index contributed by atoms with van der Waals surface area (Å²) >= 11 is 6.10. The fourth-order valence-electron chi connectivity index (χ4n) is 3.12. The minimum atomic E-state index is -1.03. The molecule has 1 aliphatic heterocycles. The molecule has 0 spiro atoms. The summed E-state index contributed by atoms with van der Waals surface area (Å²) in [5.74, 6) is 0.187. The molecule has 10 heteroatoms. The van der Waals surface area contributed by atoms with Crippen molar-refractivity contribution in [1.29, 1.82) is 0 Å². The van der Waals surface area contributed by atoms with Gasteiger partial charge in [0.25, 0.3) is 0 Å². The molecule has 4 atom stereocenters. The molecule has 2 aromatic heterocycles. The second kappa shape index (κ2) is 8.92. The summed E-state index contributed by atoms with van der Waals surface area (Å²) in [6, 6.07) is 0. The van der Waals surface area contributed by atoms with Crippen molar-refractivity contribution in [3.8, 4) is 0 Å². The number of carbonyl (C=O) groups excluding carboxylic acids is 1. The van der Waals surface area contributed by atoms with E-state index in [1.54, 1.807) is 0 Å². The average molecular weight is 398 g/mol. The standard InChI is InChI=1S/C17H24ClN5O4/c1-2-3-4-5-6-11(25)22-15-13-16(20-8-19-15)23(9-21-13)17-14(26)12(18)10(7-24)27-17/h8-10,12,14,17,24,26H,2-7H2,1H3,(H,19,20,22,25)/t10-,12+,14?,17-/m1/s1. The molecule has 0 radical (unpaired) electrons. The summed E-state index contributed by atoms with van der Waals surface area (Å²) in [6.45, 7) is 1.82. The minimum absolute atomic E-state index is 0.126. The minimum Gasteiger partial charge on any atom is -0.394 e. The van der Waals surface area contributed by atoms with Crippen LogP contribution in [0.5, 0.6) is 0 Å². The molecular formula is C17H24ClN5O4. The first-order valence-electron chi connectivity index (χ1n) is 9.12. The summed E-state index contributed by atoms with van der Waals surface area (Å²) < 4.78 is 7.16. The van der Waals surface area contributed by atoms with E-state index in [2.05, 4.69) is 27.2 Å². The maximum absolute atomic E-state index is 12.1. The number of anilines is 1. The lowest BCUT2D eigenvalue weighted by atomic mass is 10.1. The van der Waals surface area contributed by atoms with Gasteiger partial charge >= 0.3 is 0 Å². The molecule has 3 N–H and O–H groups in total. The Morgan fingerprint density at radius 3 is 2.85 bits per heavy atom. The molecule has 1 unspecified atom stereocenters. The molecule has 1 amide bonds. The first-order valence-corrected chi connectivity index (χ1v) is 9.56. The molecule has 1 aliphatic rings. The normalized spacial score (nSPS) is 25.2. The number of aromatic nitrogens is 4. The molecule has 0 aliphatic carbocycles. The lowest BCUT2D eigenvalue weighted by Crippen LogP contribution is -2.28. The Hall–Kier alpha value is -1.81. The third-order valence-electron chi connectivity index (χ3n) is 4.62. The number of fused-ring (bicyclic) bond motifs is 1. The van der Waals surface area contributed by atoms with E-state index in [1.807, 2.05) is 0 Å². The number of aliphatic hydroxyl groups is 2. The molecule has 9 nitrogen and oxygen atoms in total. The van der Waals surface area contributed by atoms with E-state index in [-0.39, 0.29) is 12.5 Å². The summed E-state index contributed by atoms with van der Waals surface area (Å²) in [4.78, 5) is 24.7. The second-order valence-corrected chi connectivity index (χ2v) is 7.09. The predicted octanol–water partition coefficient (Wildman–Crippen LogP) is 1.59. The molecule has 1 fully saturated rings. The van der Waals surface area contributed by atoms with Crippen LogP contribution in [-0.4, -0.2) is 59.8 Å². The number of amides is 1. The van der Waals surface area contributed by atoms with Gasteiger partial charge < -0.3 is 20.3 Å². The highest BCUT2D eigenvalue weighted by atomic mass is 35.5. The zero-order valence-corrected chi connectivity index (χ0v) is 15.8. The fourth-order valence-corrected chi connectivity index (χ4v) is 3.39. The Morgan fingerprint density at radius 1 is 1.33 bits per heavy atom. The molecule has 2 aromatic rings. The van der Waals surface area contributed by atoms with E-state index in [0.29, 0.717) is 23.4 Å². The number of unbranched alkanes of at least 4 members (excludes halogenated alkanes) is 3. The van der Waals surface area contributed by atoms with Crippen molar-refractivity contribution in [2.24, 2.45) is 0 Å². The fraction of sp³-hybridized carbons (Fsp3) is 0.647. The average Bonchev–Trinajstić information content (AvgIpc) is 3.21. The van der Waals surface area contributed by atoms with Crippen LogP contribution >= 0.6 is 11.6 Å². The van der Waals surface area contributed by atoms with Crippen molar-refractivity contribution >= 4 is 34.5 Å². The number of nitrogens with one attached hydrogen (secondary N) is 1. The number of hydrogen-bond acceptors (Lipinski definition) is 7. The first-order chi connectivity index (χ1) is 13.1. The summed E-state index contributed by atoms with van der Waals surface area (Å²) in [5, 5.41) is 21.6. The van der Waals surface area contributed by atoms with Crippen molar-refractivity contribution in [2.45, 2.75) is 62.8 Å². The molecule has 0 bridgehead atoms. The maximum atomic E-state index is 12.1. The number of halogens is 1. The van der Waals surface area contributed by atoms with Crippen LogP contribution in [0.2, 0.25) is 0 Å². The Bertz CT molecular complexity index is 786. The number of imidazole rings is 1. The van der Waals surface area contributed by atoms with Gasteiger partial charge in [-0.25, -0.2) is 15.0 Å². The van der Waals surface area contributed by atoms with Gasteiger partial charge in [-0.2, -0.15) is 0 Å². The monoisotopic (exact) mass is 397 g/mol. The molecule has 0 saturated carbocycles. The van der Waals surface area contributed by atoms with E-state index < -0.39 is 23.8 Å². The quantitative estimate of drug-likeness (QED) is 0.456. The smallest absolute Gasteiger partial charge is 0.225 e. The first kappa shape index (κ1) is 19.9. The van der Waals surface area contributed by atoms with E-state index in [9.17, 15) is 15.0 Å². The van der Waals surface area contributed by atoms with E-state index >= 15 is 0 Å². The molecular weight excluding hydrogens is 374 g/mol. The van der Waals surface area contributed by atoms with Crippen molar-refractivity contribution < 1.29 is 19.7 Å². The third-order valence-corrected chi connectivity index (χ3v) is 5.16. The Morgan fingerprint density at radius 2 is 2.15 bits per heavy atom. The van der Waals surface area contributed by atoms with Crippen molar-refractivity contribution in [1.82, 2.24) is 19.5 Å². The SMILES string of the molecule is CCCCCCC(=O)Nc1ncnc2c1ncn2[C@@H]1O[C@H](CO)[C@H](Cl)C1O. The van der Waals surface area contributed by atoms with Crippen LogP contribution in [0.1, 0.15) is 45.3 Å². The topological polar surface area (TPSA) is 122 Å². The van der Waals surface area contributed by atoms with Gasteiger partial charge in [0, 0.05) is 6.42 Å². The van der Waals surface area contributed by atoms with Gasteiger partial charge in [-0.1, -0.05) is 26.2 Å². The Balaban J connectivity index is 1.76. The molecule has 1 saturated heterocycles. The van der Waals surface area contributed by atoms with Crippen LogP contribution in [0, 0.1) is 0 Å². The van der Waals surface area contributed by atoms with E-state index in [1.165, 1.54) is 17.2 Å². The summed E-state index contributed by atoms with van der Waals surface area (Å²) in [5.41, 5.74) is 0.798. The predicted molar refractivity (Wildman–Crippen MR) is 99.4 cm³/mol. The number of alkyl halides is 1. The number of hydrogen-bond donors (Lipinski definition) is 3. The highest BCUT2D eigenvalue weighted by Crippen LogP contribution is 2.34. The highest BCUT2D eigenvalue weighted by Gasteiger charge is 2.43. The molecule has 27 heavy (non-hydrogen) atoms. The van der Waals surface area contributed by atoms with Crippen LogP contribution in [-0.2, 0) is 9.53 Å². The molecule has 3 heterocycles. The number of nitrogens with zero attached hydrogens (tertiary/aromatic N) is 4. The number of aliphatic hydroxyl groups excluding tert-OH is 2. The lowest BCUT2D eigenvalue weighted by Gasteiger charge is -2.16. The van der Waals surface area contributed by atoms with Crippen LogP contribution in [0.25, 0.3) is 11.2 Å². The van der Waals surface area contributed by atoms with Crippen LogP contribution in [0.4, 0.5) is 5.82 Å². The van der Waals surface area contributed by atoms with Crippen LogP contribution in [0.15, 0.2) is 12.7 Å². The van der Waals surface area contributed by atoms with E-state index in [4.69, 9.17) is 16.3 Å². The number of ether oxygens (including phenoxy) is 1. The highest BCUT2D eigenvalue weighted by molar-refractivity contribution is 6.21. The number of rotatable bonds is 8. The van der Waals surface area contributed by atoms with Crippen LogP contribution in [0.3, 0.4) is 0 Å². The van der Waals surface area contributed by atoms with E-state index in [0.717, 1.165) is 25.7 Å². The zero-order chi connectivity index (χ0) is 19.4. The van der Waals surface area contributed by atoms with Gasteiger partial charge in [0.15, 0.2) is 23.2 Å². The van der Waals surface area contributed by atoms with Gasteiger partial charge in [-0.05, 0) is 6.42 Å². The van der Waals surface area contributed by atoms with Crippen molar-refractivity contribution in [2.75, 3.05) is 11.9 Å². The Kier molecular flexibility index (Phi) is 6.59. The zero-order valence-electron chi connectivity index (χ0n) is 15.1. The Labute approximate surface area is 161 Å². The molecule has 148 valence electrons. The summed E-state index contributed by atoms with van der Waals surface area (Å²) in [6.07, 6.45) is 4.69. The lowest BCUT2D eigenvalue weighted by molar-refractivity contribution is -0.116. The van der Waals surface area contributed by atoms with Gasteiger partial charge in [0.1, 0.15) is 18.5 Å². The molecule has 0 aromatic carbocycles. The number of carbonyl (C=O) groups is 1. The second-order valence-electron chi connectivity index (χ2n) is 6.59.